The molecule has 0 aliphatic carbocycles. The average Bonchev–Trinajstić information content (AvgIpc) is 3.01. The molecule has 0 atom stereocenters. The van der Waals surface area contributed by atoms with E-state index in [0.29, 0.717) is 9.80 Å². The van der Waals surface area contributed by atoms with Crippen LogP contribution < -0.4 is 22.9 Å². The van der Waals surface area contributed by atoms with Crippen molar-refractivity contribution in [3.63, 3.8) is 0 Å². The van der Waals surface area contributed by atoms with Crippen molar-refractivity contribution >= 4 is 54.6 Å². The Morgan fingerprint density at radius 2 is 0.800 bits per heavy atom. The van der Waals surface area contributed by atoms with Gasteiger partial charge in [-0.25, -0.2) is 4.79 Å². The number of barbiturate groups is 1. The number of carbonyl (C=O) groups excluding carboxylic acids is 3. The van der Waals surface area contributed by atoms with E-state index in [2.05, 4.69) is 9.98 Å². The van der Waals surface area contributed by atoms with E-state index in [1.54, 1.807) is 0 Å². The monoisotopic (exact) mass is 850 g/mol. The Balaban J connectivity index is 0.00000756. The zero-order chi connectivity index (χ0) is 40.3. The van der Waals surface area contributed by atoms with Crippen molar-refractivity contribution in [2.75, 3.05) is 26.2 Å². The summed E-state index contributed by atoms with van der Waals surface area (Å²) < 4.78 is 166. The molecule has 0 saturated carbocycles. The van der Waals surface area contributed by atoms with Crippen molar-refractivity contribution in [3.8, 4) is 0 Å². The maximum atomic E-state index is 14.3. The summed E-state index contributed by atoms with van der Waals surface area (Å²) in [5.74, 6) is -4.17. The Morgan fingerprint density at radius 3 is 1.04 bits per heavy atom. The van der Waals surface area contributed by atoms with Gasteiger partial charge in [-0.05, 0) is 73.2 Å². The number of nitrogens with two attached hydrogens (primary N) is 4. The summed E-state index contributed by atoms with van der Waals surface area (Å²) in [6, 6.07) is -1.41. The van der Waals surface area contributed by atoms with Crippen molar-refractivity contribution in [3.05, 3.63) is 69.8 Å². The molecule has 1 fully saturated rings. The van der Waals surface area contributed by atoms with Crippen molar-refractivity contribution < 1.29 is 67.1 Å². The molecule has 0 unspecified atom stereocenters. The number of benzene rings is 2. The van der Waals surface area contributed by atoms with E-state index in [1.807, 2.05) is 0 Å². The molecule has 2 aromatic carbocycles. The Bertz CT molecular complexity index is 1580. The van der Waals surface area contributed by atoms with Crippen molar-refractivity contribution in [2.24, 2.45) is 38.3 Å². The molecule has 1 aliphatic rings. The molecule has 0 spiro atoms. The molecule has 55 heavy (non-hydrogen) atoms. The minimum Gasteiger partial charge on any atom is -0.370 e. The number of carbonyl (C=O) groups is 3. The average molecular weight is 852 g/mol. The van der Waals surface area contributed by atoms with Crippen LogP contribution in [-0.4, -0.2) is 65.7 Å². The van der Waals surface area contributed by atoms with Gasteiger partial charge in [0.2, 0.25) is 11.8 Å². The van der Waals surface area contributed by atoms with E-state index in [4.69, 9.17) is 22.9 Å². The Morgan fingerprint density at radius 1 is 0.527 bits per heavy atom. The fraction of sp³-hybridized carbons (Fsp3) is 0.433. The lowest BCUT2D eigenvalue weighted by atomic mass is 9.72. The van der Waals surface area contributed by atoms with Crippen LogP contribution in [-0.2, 0) is 47.1 Å². The molecule has 3 rings (SSSR count). The Kier molecular flexibility index (Phi) is 15.7. The molecule has 1 aliphatic heterocycles. The lowest BCUT2D eigenvalue weighted by molar-refractivity contribution is -0.159. The van der Waals surface area contributed by atoms with Gasteiger partial charge < -0.3 is 22.9 Å². The van der Waals surface area contributed by atoms with E-state index < -0.39 is 119 Å². The second kappa shape index (κ2) is 17.9. The summed E-state index contributed by atoms with van der Waals surface area (Å²) in [4.78, 5) is 50.2. The lowest BCUT2D eigenvalue weighted by Gasteiger charge is -2.44. The van der Waals surface area contributed by atoms with Crippen molar-refractivity contribution in [2.45, 2.75) is 50.4 Å². The van der Waals surface area contributed by atoms with Crippen molar-refractivity contribution in [1.82, 2.24) is 9.80 Å². The summed E-state index contributed by atoms with van der Waals surface area (Å²) in [5.41, 5.74) is 8.24. The summed E-state index contributed by atoms with van der Waals surface area (Å²) in [6.07, 6.45) is -25.3. The maximum absolute atomic E-state index is 14.3. The number of alkyl halides is 12. The zero-order valence-corrected chi connectivity index (χ0v) is 29.4. The van der Waals surface area contributed by atoms with Crippen molar-refractivity contribution in [1.29, 1.82) is 0 Å². The van der Waals surface area contributed by atoms with Crippen LogP contribution in [0.2, 0.25) is 0 Å². The van der Waals surface area contributed by atoms with Gasteiger partial charge in [0.05, 0.1) is 22.3 Å². The molecule has 0 bridgehead atoms. The molecular weight excluding hydrogens is 819 g/mol. The zero-order valence-electron chi connectivity index (χ0n) is 27.8. The van der Waals surface area contributed by atoms with Crippen LogP contribution in [0.25, 0.3) is 0 Å². The summed E-state index contributed by atoms with van der Waals surface area (Å²) in [7, 11) is 0. The molecule has 1 heterocycles. The Hall–Kier alpha value is -4.67. The first kappa shape index (κ1) is 48.3. The number of hydrogen-bond donors (Lipinski definition) is 4. The van der Waals surface area contributed by atoms with Crippen LogP contribution in [0.3, 0.4) is 0 Å². The molecule has 0 radical (unpaired) electrons. The van der Waals surface area contributed by atoms with Gasteiger partial charge in [0.25, 0.3) is 0 Å². The number of nitrogens with zero attached hydrogens (tertiary/aromatic N) is 4. The largest absolute Gasteiger partial charge is 0.416 e. The molecular formula is C30H32Cl2F12N8O3. The molecule has 308 valence electrons. The standard InChI is InChI=1S/C30H30F12N8O3.2ClH/c31-27(32,33)17-7-15(8-18(11-17)28(34,35)36)13-26(14-16-9-19(29(37,38)39)12-20(10-16)30(40,41)42)21(51)49(5-1-3-47-23(43)44)25(53)50(22(26)52)6-2-4-48-24(45)46;;/h7-12H,1-6,13-14H2,(H4,43,44,47)(H4,45,46,48);2*1H. The highest BCUT2D eigenvalue weighted by molar-refractivity contribution is 6.19. The smallest absolute Gasteiger partial charge is 0.370 e. The number of hydrogen-bond acceptors (Lipinski definition) is 5. The topological polar surface area (TPSA) is 186 Å². The first-order chi connectivity index (χ1) is 24.2. The lowest BCUT2D eigenvalue weighted by Crippen LogP contribution is -2.66. The minimum atomic E-state index is -5.45. The molecule has 2 aromatic rings. The normalized spacial score (nSPS) is 14.9. The molecule has 0 aromatic heterocycles. The van der Waals surface area contributed by atoms with Gasteiger partial charge in [0.1, 0.15) is 5.41 Å². The predicted molar refractivity (Wildman–Crippen MR) is 177 cm³/mol. The predicted octanol–water partition coefficient (Wildman–Crippen LogP) is 5.49. The first-order valence-corrected chi connectivity index (χ1v) is 15.0. The van der Waals surface area contributed by atoms with Gasteiger partial charge in [-0.1, -0.05) is 0 Å². The van der Waals surface area contributed by atoms with E-state index in [0.717, 1.165) is 0 Å². The van der Waals surface area contributed by atoms with Crippen LogP contribution in [0.4, 0.5) is 57.5 Å². The minimum absolute atomic E-state index is 0. The number of aliphatic imine (C=N–C) groups is 2. The van der Waals surface area contributed by atoms with Gasteiger partial charge >= 0.3 is 30.7 Å². The second-order valence-corrected chi connectivity index (χ2v) is 11.8. The van der Waals surface area contributed by atoms with Crippen LogP contribution in [0.15, 0.2) is 46.4 Å². The highest BCUT2D eigenvalue weighted by atomic mass is 35.5. The number of guanidine groups is 2. The van der Waals surface area contributed by atoms with E-state index >= 15 is 0 Å². The van der Waals surface area contributed by atoms with Gasteiger partial charge in [-0.2, -0.15) is 52.7 Å². The van der Waals surface area contributed by atoms with E-state index in [-0.39, 0.29) is 87.1 Å². The summed E-state index contributed by atoms with van der Waals surface area (Å²) in [6.45, 7) is -1.92. The fourth-order valence-corrected chi connectivity index (χ4v) is 5.50. The molecule has 25 heteroatoms. The van der Waals surface area contributed by atoms with Gasteiger partial charge in [0.15, 0.2) is 11.9 Å². The third kappa shape index (κ3) is 12.2. The third-order valence-electron chi connectivity index (χ3n) is 7.75. The van der Waals surface area contributed by atoms with Crippen LogP contribution >= 0.6 is 24.8 Å². The Labute approximate surface area is 315 Å². The van der Waals surface area contributed by atoms with E-state index in [1.165, 1.54) is 0 Å². The number of amides is 4. The number of urea groups is 1. The number of halogens is 14. The quantitative estimate of drug-likeness (QED) is 0.0715. The number of rotatable bonds is 12. The summed E-state index contributed by atoms with van der Waals surface area (Å²) >= 11 is 0. The molecule has 8 N–H and O–H groups in total. The number of imide groups is 2. The fourth-order valence-electron chi connectivity index (χ4n) is 5.50. The van der Waals surface area contributed by atoms with Crippen LogP contribution in [0.5, 0.6) is 0 Å². The van der Waals surface area contributed by atoms with Gasteiger partial charge in [-0.15, -0.1) is 24.8 Å². The van der Waals surface area contributed by atoms with Gasteiger partial charge in [-0.3, -0.25) is 29.4 Å². The summed E-state index contributed by atoms with van der Waals surface area (Å²) in [5, 5.41) is 0. The molecule has 11 nitrogen and oxygen atoms in total. The van der Waals surface area contributed by atoms with Crippen LogP contribution in [0, 0.1) is 5.41 Å². The third-order valence-corrected chi connectivity index (χ3v) is 7.75. The maximum Gasteiger partial charge on any atom is 0.416 e. The highest BCUT2D eigenvalue weighted by Crippen LogP contribution is 2.43. The van der Waals surface area contributed by atoms with Gasteiger partial charge in [0, 0.05) is 26.2 Å². The first-order valence-electron chi connectivity index (χ1n) is 15.0. The SMILES string of the molecule is Cl.Cl.NC(N)=NCCCN1C(=O)N(CCCN=C(N)N)C(=O)C(Cc2cc(C(F)(F)F)cc(C(F)(F)F)c2)(Cc2cc(C(F)(F)F)cc(C(F)(F)F)c2)C1=O. The highest BCUT2D eigenvalue weighted by Gasteiger charge is 2.57. The van der Waals surface area contributed by atoms with Crippen LogP contribution in [0.1, 0.15) is 46.2 Å². The molecule has 4 amide bonds. The second-order valence-electron chi connectivity index (χ2n) is 11.8. The van der Waals surface area contributed by atoms with E-state index in [9.17, 15) is 67.1 Å². The molecule has 1 saturated heterocycles.